The summed E-state index contributed by atoms with van der Waals surface area (Å²) in [5, 5.41) is 1.38. The summed E-state index contributed by atoms with van der Waals surface area (Å²) >= 11 is 0. The van der Waals surface area contributed by atoms with Crippen molar-refractivity contribution in [2.75, 3.05) is 13.7 Å². The standard InChI is InChI=1S/C24H22NO5P/c1-3-28-24(26)22-23(20-16-19(27-2)14-15-21(20)25-22)31(29-17-10-6-4-7-11-17)30-18-12-8-5-9-13-18/h4-16,25H,3H2,1-2H3. The lowest BCUT2D eigenvalue weighted by Gasteiger charge is -2.19. The van der Waals surface area contributed by atoms with Gasteiger partial charge in [-0.25, -0.2) is 4.79 Å². The van der Waals surface area contributed by atoms with E-state index in [2.05, 4.69) is 4.98 Å². The van der Waals surface area contributed by atoms with Crippen LogP contribution < -0.4 is 19.1 Å². The Morgan fingerprint density at radius 1 is 0.871 bits per heavy atom. The molecule has 7 heteroatoms. The predicted molar refractivity (Wildman–Crippen MR) is 122 cm³/mol. The van der Waals surface area contributed by atoms with Gasteiger partial charge in [0.25, 0.3) is 0 Å². The molecule has 0 bridgehead atoms. The van der Waals surface area contributed by atoms with E-state index in [0.717, 1.165) is 10.9 Å². The van der Waals surface area contributed by atoms with E-state index in [1.807, 2.05) is 78.9 Å². The molecule has 158 valence electrons. The average Bonchev–Trinajstić information content (AvgIpc) is 3.19. The van der Waals surface area contributed by atoms with E-state index < -0.39 is 14.3 Å². The summed E-state index contributed by atoms with van der Waals surface area (Å²) < 4.78 is 23.3. The number of fused-ring (bicyclic) bond motifs is 1. The van der Waals surface area contributed by atoms with Crippen LogP contribution >= 0.6 is 8.38 Å². The molecule has 1 aromatic heterocycles. The molecule has 6 nitrogen and oxygen atoms in total. The normalized spacial score (nSPS) is 10.8. The molecule has 4 rings (SSSR count). The number of esters is 1. The average molecular weight is 435 g/mol. The Hall–Kier alpha value is -3.50. The lowest BCUT2D eigenvalue weighted by Crippen LogP contribution is -2.19. The number of rotatable bonds is 8. The van der Waals surface area contributed by atoms with E-state index in [-0.39, 0.29) is 6.61 Å². The first kappa shape index (κ1) is 20.8. The molecule has 0 amide bonds. The highest BCUT2D eigenvalue weighted by atomic mass is 31.2. The molecule has 0 saturated heterocycles. The summed E-state index contributed by atoms with van der Waals surface area (Å²) in [4.78, 5) is 16.0. The first-order valence-electron chi connectivity index (χ1n) is 9.82. The zero-order valence-corrected chi connectivity index (χ0v) is 18.1. The van der Waals surface area contributed by atoms with Crippen LogP contribution in [0.15, 0.2) is 78.9 Å². The van der Waals surface area contributed by atoms with Gasteiger partial charge in [0.1, 0.15) is 22.9 Å². The molecular formula is C24H22NO5P. The zero-order valence-electron chi connectivity index (χ0n) is 17.2. The molecule has 0 unspecified atom stereocenters. The number of carbonyl (C=O) groups is 1. The smallest absolute Gasteiger partial charge is 0.355 e. The first-order valence-corrected chi connectivity index (χ1v) is 11.0. The summed E-state index contributed by atoms with van der Waals surface area (Å²) in [6, 6.07) is 24.3. The topological polar surface area (TPSA) is 69.8 Å². The van der Waals surface area contributed by atoms with Gasteiger partial charge in [0.05, 0.1) is 19.0 Å². The molecule has 0 radical (unpaired) electrons. The molecule has 0 spiro atoms. The highest BCUT2D eigenvalue weighted by Crippen LogP contribution is 2.43. The fraction of sp³-hybridized carbons (Fsp3) is 0.125. The third-order valence-electron chi connectivity index (χ3n) is 4.50. The van der Waals surface area contributed by atoms with E-state index in [4.69, 9.17) is 18.5 Å². The summed E-state index contributed by atoms with van der Waals surface area (Å²) in [6.45, 7) is 2.03. The molecule has 0 aliphatic rings. The van der Waals surface area contributed by atoms with Crippen molar-refractivity contribution in [1.29, 1.82) is 0 Å². The Labute approximate surface area is 181 Å². The van der Waals surface area contributed by atoms with Crippen molar-refractivity contribution >= 4 is 30.6 Å². The van der Waals surface area contributed by atoms with Crippen LogP contribution in [0.5, 0.6) is 17.2 Å². The van der Waals surface area contributed by atoms with Gasteiger partial charge in [0.15, 0.2) is 0 Å². The molecule has 31 heavy (non-hydrogen) atoms. The second-order valence-corrected chi connectivity index (χ2v) is 7.87. The lowest BCUT2D eigenvalue weighted by atomic mass is 10.2. The summed E-state index contributed by atoms with van der Waals surface area (Å²) in [7, 11) is -0.139. The molecule has 0 aliphatic carbocycles. The van der Waals surface area contributed by atoms with E-state index in [9.17, 15) is 4.79 Å². The van der Waals surface area contributed by atoms with Gasteiger partial charge in [-0.05, 0) is 49.4 Å². The van der Waals surface area contributed by atoms with Crippen LogP contribution in [0.25, 0.3) is 10.9 Å². The number of para-hydroxylation sites is 2. The monoisotopic (exact) mass is 435 g/mol. The number of benzene rings is 3. The number of hydrogen-bond donors (Lipinski definition) is 1. The molecule has 3 aromatic carbocycles. The zero-order chi connectivity index (χ0) is 21.6. The number of H-pyrrole nitrogens is 1. The van der Waals surface area contributed by atoms with Crippen molar-refractivity contribution in [2.45, 2.75) is 6.92 Å². The van der Waals surface area contributed by atoms with Crippen molar-refractivity contribution in [3.8, 4) is 17.2 Å². The third kappa shape index (κ3) is 4.65. The van der Waals surface area contributed by atoms with E-state index in [0.29, 0.717) is 28.2 Å². The van der Waals surface area contributed by atoms with Crippen LogP contribution in [0.2, 0.25) is 0 Å². The molecule has 1 N–H and O–H groups in total. The minimum atomic E-state index is -1.74. The van der Waals surface area contributed by atoms with Gasteiger partial charge in [-0.3, -0.25) is 0 Å². The first-order chi connectivity index (χ1) is 15.2. The van der Waals surface area contributed by atoms with Gasteiger partial charge < -0.3 is 23.5 Å². The lowest BCUT2D eigenvalue weighted by molar-refractivity contribution is 0.0522. The van der Waals surface area contributed by atoms with Gasteiger partial charge >= 0.3 is 14.3 Å². The van der Waals surface area contributed by atoms with Crippen molar-refractivity contribution < 1.29 is 23.3 Å². The van der Waals surface area contributed by atoms with Crippen LogP contribution in [0, 0.1) is 0 Å². The fourth-order valence-electron chi connectivity index (χ4n) is 3.09. The van der Waals surface area contributed by atoms with Crippen LogP contribution in [-0.2, 0) is 4.74 Å². The Morgan fingerprint density at radius 2 is 1.48 bits per heavy atom. The fourth-order valence-corrected chi connectivity index (χ4v) is 4.65. The molecule has 0 aliphatic heterocycles. The molecular weight excluding hydrogens is 413 g/mol. The molecule has 0 saturated carbocycles. The van der Waals surface area contributed by atoms with E-state index in [1.54, 1.807) is 14.0 Å². The van der Waals surface area contributed by atoms with Gasteiger partial charge in [-0.1, -0.05) is 36.4 Å². The predicted octanol–water partition coefficient (Wildman–Crippen LogP) is 5.45. The minimum Gasteiger partial charge on any atom is -0.497 e. The number of hydrogen-bond acceptors (Lipinski definition) is 5. The highest BCUT2D eigenvalue weighted by molar-refractivity contribution is 7.57. The number of methoxy groups -OCH3 is 1. The van der Waals surface area contributed by atoms with Crippen molar-refractivity contribution in [3.63, 3.8) is 0 Å². The number of ether oxygens (including phenoxy) is 2. The molecule has 4 aromatic rings. The van der Waals surface area contributed by atoms with Gasteiger partial charge in [-0.2, -0.15) is 0 Å². The summed E-state index contributed by atoms with van der Waals surface area (Å²) in [6.07, 6.45) is 0. The van der Waals surface area contributed by atoms with Crippen LogP contribution in [0.4, 0.5) is 0 Å². The van der Waals surface area contributed by atoms with Crippen LogP contribution in [-0.4, -0.2) is 24.7 Å². The number of aromatic amines is 1. The Morgan fingerprint density at radius 3 is 2.03 bits per heavy atom. The van der Waals surface area contributed by atoms with Gasteiger partial charge in [-0.15, -0.1) is 0 Å². The maximum Gasteiger partial charge on any atom is 0.355 e. The number of nitrogens with one attached hydrogen (secondary N) is 1. The Kier molecular flexibility index (Phi) is 6.39. The van der Waals surface area contributed by atoms with Gasteiger partial charge in [0, 0.05) is 10.9 Å². The number of carbonyl (C=O) groups excluding carboxylic acids is 1. The molecule has 0 fully saturated rings. The summed E-state index contributed by atoms with van der Waals surface area (Å²) in [5.41, 5.74) is 1.07. The number of aromatic nitrogens is 1. The second-order valence-electron chi connectivity index (χ2n) is 6.55. The van der Waals surface area contributed by atoms with Crippen molar-refractivity contribution in [2.24, 2.45) is 0 Å². The van der Waals surface area contributed by atoms with Crippen molar-refractivity contribution in [3.05, 3.63) is 84.6 Å². The summed E-state index contributed by atoms with van der Waals surface area (Å²) in [5.74, 6) is 1.47. The third-order valence-corrected chi connectivity index (χ3v) is 6.09. The van der Waals surface area contributed by atoms with Crippen LogP contribution in [0.1, 0.15) is 17.4 Å². The molecule has 0 atom stereocenters. The van der Waals surface area contributed by atoms with E-state index in [1.165, 1.54) is 0 Å². The quantitative estimate of drug-likeness (QED) is 0.294. The minimum absolute atomic E-state index is 0.258. The SMILES string of the molecule is CCOC(=O)c1[nH]c2ccc(OC)cc2c1P(Oc1ccccc1)Oc1ccccc1. The second kappa shape index (κ2) is 9.54. The van der Waals surface area contributed by atoms with Crippen molar-refractivity contribution in [1.82, 2.24) is 4.98 Å². The maximum atomic E-state index is 12.8. The Bertz CT molecular complexity index is 1120. The van der Waals surface area contributed by atoms with Gasteiger partial charge in [0.2, 0.25) is 0 Å². The maximum absolute atomic E-state index is 12.8. The largest absolute Gasteiger partial charge is 0.497 e. The Balaban J connectivity index is 1.87. The van der Waals surface area contributed by atoms with E-state index >= 15 is 0 Å². The molecule has 1 heterocycles. The highest BCUT2D eigenvalue weighted by Gasteiger charge is 2.31. The van der Waals surface area contributed by atoms with Crippen LogP contribution in [0.3, 0.4) is 0 Å².